The molecule has 0 fully saturated rings. The predicted molar refractivity (Wildman–Crippen MR) is 216 cm³/mol. The first kappa shape index (κ1) is 32.1. The van der Waals surface area contributed by atoms with Gasteiger partial charge in [0.05, 0.1) is 0 Å². The number of halogens is 4. The van der Waals surface area contributed by atoms with Crippen LogP contribution in [-0.4, -0.2) is 0 Å². The minimum Gasteiger partial charge on any atom is -0.0613 e. The molecule has 0 N–H and O–H groups in total. The monoisotopic (exact) mass is 854 g/mol. The number of rotatable bonds is 6. The second kappa shape index (κ2) is 12.8. The fourth-order valence-corrected chi connectivity index (χ4v) is 9.29. The summed E-state index contributed by atoms with van der Waals surface area (Å²) in [5.41, 5.74) is 10.4. The second-order valence-corrected chi connectivity index (χ2v) is 15.6. The Balaban J connectivity index is 1.33. The molecule has 0 unspecified atom stereocenters. The van der Waals surface area contributed by atoms with Gasteiger partial charge in [-0.1, -0.05) is 116 Å². The first-order valence-electron chi connectivity index (χ1n) is 16.1. The molecule has 0 amide bonds. The van der Waals surface area contributed by atoms with Crippen LogP contribution in [0.5, 0.6) is 0 Å². The Morgan fingerprint density at radius 1 is 0.283 bits per heavy atom. The summed E-state index contributed by atoms with van der Waals surface area (Å²) in [4.78, 5) is 0. The molecule has 0 saturated heterocycles. The molecule has 0 aromatic heterocycles. The van der Waals surface area contributed by atoms with Gasteiger partial charge in [0.1, 0.15) is 0 Å². The van der Waals surface area contributed by atoms with Crippen LogP contribution in [0, 0.1) is 0 Å². The van der Waals surface area contributed by atoms with E-state index >= 15 is 0 Å². The Labute approximate surface area is 305 Å². The van der Waals surface area contributed by atoms with Crippen molar-refractivity contribution in [2.24, 2.45) is 0 Å². The van der Waals surface area contributed by atoms with E-state index in [4.69, 9.17) is 0 Å². The van der Waals surface area contributed by atoms with Crippen molar-refractivity contribution in [2.45, 2.75) is 53.4 Å². The average Bonchev–Trinajstić information content (AvgIpc) is 3.05. The molecule has 46 heavy (non-hydrogen) atoms. The van der Waals surface area contributed by atoms with Crippen LogP contribution in [0.1, 0.15) is 49.9 Å². The highest BCUT2D eigenvalue weighted by Gasteiger charge is 2.17. The van der Waals surface area contributed by atoms with Gasteiger partial charge < -0.3 is 0 Å². The lowest BCUT2D eigenvalue weighted by atomic mass is 9.93. The molecule has 0 radical (unpaired) electrons. The topological polar surface area (TPSA) is 0 Å². The summed E-state index contributed by atoms with van der Waals surface area (Å²) in [6.07, 6.45) is 4.23. The number of hydrogen-bond acceptors (Lipinski definition) is 0. The predicted octanol–water partition coefficient (Wildman–Crippen LogP) is 14.9. The van der Waals surface area contributed by atoms with Gasteiger partial charge in [0.15, 0.2) is 0 Å². The van der Waals surface area contributed by atoms with Crippen molar-refractivity contribution in [1.29, 1.82) is 0 Å². The van der Waals surface area contributed by atoms with Crippen molar-refractivity contribution in [3.05, 3.63) is 125 Å². The summed E-state index contributed by atoms with van der Waals surface area (Å²) in [6.45, 7) is 8.99. The number of hydrogen-bond donors (Lipinski definition) is 0. The molecule has 0 atom stereocenters. The molecule has 0 saturated carbocycles. The SMILES string of the molecule is CCc1cc2cc3cc(Br)c(-c4cc(Br)c(-c5cc6cc7cc(CC)c(CC)cc7cc6cc5Br)cc4Br)cc3cc2cc1CC. The summed E-state index contributed by atoms with van der Waals surface area (Å²) in [7, 11) is 0. The van der Waals surface area contributed by atoms with E-state index in [-0.39, 0.29) is 0 Å². The molecular formula is C42H34Br4. The van der Waals surface area contributed by atoms with Gasteiger partial charge in [-0.2, -0.15) is 0 Å². The molecule has 7 aromatic rings. The third-order valence-corrected chi connectivity index (χ3v) is 12.2. The summed E-state index contributed by atoms with van der Waals surface area (Å²) < 4.78 is 4.27. The molecule has 4 heteroatoms. The zero-order valence-electron chi connectivity index (χ0n) is 26.4. The third-order valence-electron chi connectivity index (χ3n) is 9.56. The van der Waals surface area contributed by atoms with Crippen molar-refractivity contribution in [2.75, 3.05) is 0 Å². The Kier molecular flexibility index (Phi) is 8.95. The van der Waals surface area contributed by atoms with E-state index in [0.29, 0.717) is 0 Å². The molecule has 7 aromatic carbocycles. The molecule has 0 aliphatic carbocycles. The first-order chi connectivity index (χ1) is 22.2. The Hall–Kier alpha value is -2.50. The third kappa shape index (κ3) is 5.68. The summed E-state index contributed by atoms with van der Waals surface area (Å²) in [5.74, 6) is 0. The van der Waals surface area contributed by atoms with E-state index in [2.05, 4.69) is 176 Å². The second-order valence-electron chi connectivity index (χ2n) is 12.2. The van der Waals surface area contributed by atoms with Crippen LogP contribution in [0.15, 0.2) is 103 Å². The maximum atomic E-state index is 3.97. The standard InChI is InChI=1S/C42H34Br4/c1-5-23-9-27-13-31-17-35(39(43)19-33(31)15-29(27)11-25(23)7-3)37-21-42(46)38(22-41(37)45)36-18-32-14-28-10-24(6-2)26(8-4)12-30(28)16-34(32)20-40(36)44/h9-22H,5-8H2,1-4H3. The molecule has 0 heterocycles. The van der Waals surface area contributed by atoms with Crippen LogP contribution >= 0.6 is 63.7 Å². The van der Waals surface area contributed by atoms with Gasteiger partial charge in [-0.15, -0.1) is 0 Å². The quantitative estimate of drug-likeness (QED) is 0.146. The number of fused-ring (bicyclic) bond motifs is 4. The number of benzene rings is 7. The largest absolute Gasteiger partial charge is 0.0613 e. The first-order valence-corrected chi connectivity index (χ1v) is 19.3. The summed E-state index contributed by atoms with van der Waals surface area (Å²) >= 11 is 15.8. The van der Waals surface area contributed by atoms with Crippen molar-refractivity contribution in [1.82, 2.24) is 0 Å². The maximum Gasteiger partial charge on any atom is 0.0261 e. The van der Waals surface area contributed by atoms with Gasteiger partial charge in [-0.3, -0.25) is 0 Å². The Morgan fingerprint density at radius 2 is 0.500 bits per heavy atom. The zero-order chi connectivity index (χ0) is 32.3. The van der Waals surface area contributed by atoms with Crippen LogP contribution in [0.3, 0.4) is 0 Å². The highest BCUT2D eigenvalue weighted by Crippen LogP contribution is 2.44. The van der Waals surface area contributed by atoms with Gasteiger partial charge in [0.25, 0.3) is 0 Å². The Bertz CT molecular complexity index is 2180. The van der Waals surface area contributed by atoms with E-state index < -0.39 is 0 Å². The van der Waals surface area contributed by atoms with Crippen molar-refractivity contribution < 1.29 is 0 Å². The molecule has 230 valence electrons. The number of aryl methyl sites for hydroxylation is 4. The lowest BCUT2D eigenvalue weighted by molar-refractivity contribution is 1.04. The van der Waals surface area contributed by atoms with Crippen LogP contribution in [0.2, 0.25) is 0 Å². The zero-order valence-corrected chi connectivity index (χ0v) is 32.8. The molecule has 0 spiro atoms. The highest BCUT2D eigenvalue weighted by atomic mass is 79.9. The Morgan fingerprint density at radius 3 is 0.783 bits per heavy atom. The maximum absolute atomic E-state index is 3.97. The van der Waals surface area contributed by atoms with Gasteiger partial charge in [0.2, 0.25) is 0 Å². The molecular weight excluding hydrogens is 824 g/mol. The van der Waals surface area contributed by atoms with E-state index in [1.165, 1.54) is 65.3 Å². The van der Waals surface area contributed by atoms with Gasteiger partial charge in [-0.05, 0) is 174 Å². The summed E-state index contributed by atoms with van der Waals surface area (Å²) in [6, 6.07) is 32.5. The van der Waals surface area contributed by atoms with Gasteiger partial charge >= 0.3 is 0 Å². The molecule has 0 aliphatic rings. The fourth-order valence-electron chi connectivity index (χ4n) is 7.02. The normalized spacial score (nSPS) is 11.8. The molecule has 0 nitrogen and oxygen atoms in total. The van der Waals surface area contributed by atoms with Crippen molar-refractivity contribution in [3.63, 3.8) is 0 Å². The van der Waals surface area contributed by atoms with Crippen molar-refractivity contribution in [3.8, 4) is 22.3 Å². The van der Waals surface area contributed by atoms with Crippen LogP contribution in [0.25, 0.3) is 65.3 Å². The average molecular weight is 858 g/mol. The van der Waals surface area contributed by atoms with E-state index in [1.807, 2.05) is 0 Å². The van der Waals surface area contributed by atoms with Crippen molar-refractivity contribution >= 4 is 107 Å². The lowest BCUT2D eigenvalue weighted by Gasteiger charge is -2.16. The highest BCUT2D eigenvalue weighted by molar-refractivity contribution is 9.11. The fraction of sp³-hybridized carbons (Fsp3) is 0.190. The molecule has 7 rings (SSSR count). The minimum absolute atomic E-state index is 1.05. The molecule has 0 bridgehead atoms. The van der Waals surface area contributed by atoms with E-state index in [1.54, 1.807) is 0 Å². The van der Waals surface area contributed by atoms with Gasteiger partial charge in [0, 0.05) is 17.9 Å². The van der Waals surface area contributed by atoms with Crippen LogP contribution < -0.4 is 0 Å². The lowest BCUT2D eigenvalue weighted by Crippen LogP contribution is -1.92. The molecule has 0 aliphatic heterocycles. The van der Waals surface area contributed by atoms with Crippen LogP contribution in [-0.2, 0) is 25.7 Å². The van der Waals surface area contributed by atoms with Gasteiger partial charge in [-0.25, -0.2) is 0 Å². The summed E-state index contributed by atoms with van der Waals surface area (Å²) in [5, 5.41) is 10.2. The minimum atomic E-state index is 1.05. The van der Waals surface area contributed by atoms with E-state index in [9.17, 15) is 0 Å². The smallest absolute Gasteiger partial charge is 0.0261 e. The van der Waals surface area contributed by atoms with Crippen LogP contribution in [0.4, 0.5) is 0 Å². The van der Waals surface area contributed by atoms with E-state index in [0.717, 1.165) is 65.8 Å².